The lowest BCUT2D eigenvalue weighted by Gasteiger charge is -2.50. The Hall–Kier alpha value is -0.810. The largest absolute Gasteiger partial charge is 0.496 e. The minimum absolute atomic E-state index is 0.242. The molecule has 2 unspecified atom stereocenters. The lowest BCUT2D eigenvalue weighted by Crippen LogP contribution is -2.63. The molecule has 5 heteroatoms. The molecule has 110 valence electrons. The Labute approximate surface area is 125 Å². The average Bonchev–Trinajstić information content (AvgIpc) is 2.50. The number of halogens is 1. The predicted molar refractivity (Wildman–Crippen MR) is 81.6 cm³/mol. The third kappa shape index (κ3) is 2.53. The van der Waals surface area contributed by atoms with Crippen molar-refractivity contribution in [1.29, 1.82) is 0 Å². The Morgan fingerprint density at radius 1 is 1.30 bits per heavy atom. The molecular weight excluding hydrogens is 274 g/mol. The van der Waals surface area contributed by atoms with Crippen molar-refractivity contribution < 1.29 is 4.74 Å². The van der Waals surface area contributed by atoms with E-state index in [1.165, 1.54) is 13.1 Å². The van der Waals surface area contributed by atoms with Gasteiger partial charge in [-0.2, -0.15) is 0 Å². The van der Waals surface area contributed by atoms with E-state index in [2.05, 4.69) is 15.1 Å². The number of nitrogens with one attached hydrogen (secondary N) is 1. The number of benzene rings is 1. The van der Waals surface area contributed by atoms with E-state index in [0.29, 0.717) is 6.04 Å². The molecule has 0 radical (unpaired) electrons. The van der Waals surface area contributed by atoms with Crippen molar-refractivity contribution in [3.05, 3.63) is 28.8 Å². The van der Waals surface area contributed by atoms with Crippen LogP contribution in [0.15, 0.2) is 18.2 Å². The molecule has 2 atom stereocenters. The van der Waals surface area contributed by atoms with Crippen molar-refractivity contribution in [3.8, 4) is 5.75 Å². The molecule has 1 aromatic rings. The van der Waals surface area contributed by atoms with Crippen LogP contribution in [0.25, 0.3) is 0 Å². The molecule has 3 saturated heterocycles. The van der Waals surface area contributed by atoms with E-state index >= 15 is 0 Å². The van der Waals surface area contributed by atoms with E-state index < -0.39 is 0 Å². The summed E-state index contributed by atoms with van der Waals surface area (Å²) in [6.45, 7) is 5.82. The van der Waals surface area contributed by atoms with Gasteiger partial charge in [0, 0.05) is 49.4 Å². The second-order valence-corrected chi connectivity index (χ2v) is 5.99. The van der Waals surface area contributed by atoms with Crippen molar-refractivity contribution >= 4 is 11.6 Å². The number of rotatable bonds is 4. The first-order valence-electron chi connectivity index (χ1n) is 7.20. The lowest BCUT2D eigenvalue weighted by molar-refractivity contribution is -0.00285. The number of ether oxygens (including phenoxy) is 1. The van der Waals surface area contributed by atoms with E-state index in [-0.39, 0.29) is 6.04 Å². The van der Waals surface area contributed by atoms with Crippen LogP contribution in [0.2, 0.25) is 5.02 Å². The maximum atomic E-state index is 6.19. The fourth-order valence-corrected chi connectivity index (χ4v) is 3.66. The van der Waals surface area contributed by atoms with Gasteiger partial charge in [0.2, 0.25) is 0 Å². The van der Waals surface area contributed by atoms with Gasteiger partial charge >= 0.3 is 0 Å². The molecule has 3 aliphatic heterocycles. The molecule has 3 fully saturated rings. The molecule has 2 bridgehead atoms. The van der Waals surface area contributed by atoms with E-state index in [1.807, 2.05) is 25.2 Å². The van der Waals surface area contributed by atoms with Crippen molar-refractivity contribution in [2.75, 3.05) is 46.9 Å². The van der Waals surface area contributed by atoms with Crippen LogP contribution in [0, 0.1) is 0 Å². The molecule has 1 aromatic carbocycles. The van der Waals surface area contributed by atoms with Gasteiger partial charge in [-0.15, -0.1) is 0 Å². The molecule has 4 nitrogen and oxygen atoms in total. The summed E-state index contributed by atoms with van der Waals surface area (Å²) in [5, 5.41) is 4.23. The highest BCUT2D eigenvalue weighted by molar-refractivity contribution is 6.30. The Morgan fingerprint density at radius 3 is 2.60 bits per heavy atom. The first-order chi connectivity index (χ1) is 9.72. The maximum Gasteiger partial charge on any atom is 0.123 e. The molecular formula is C15H22ClN3O. The van der Waals surface area contributed by atoms with E-state index in [0.717, 1.165) is 36.0 Å². The second-order valence-electron chi connectivity index (χ2n) is 5.56. The number of hydrogen-bond acceptors (Lipinski definition) is 4. The summed E-state index contributed by atoms with van der Waals surface area (Å²) in [5.41, 5.74) is 1.15. The summed E-state index contributed by atoms with van der Waals surface area (Å²) in [7, 11) is 3.74. The predicted octanol–water partition coefficient (Wildman–Crippen LogP) is 1.61. The molecule has 1 N–H and O–H groups in total. The SMILES string of the molecule is CNC(c1cc(Cl)ccc1OC)C1CN2CCN1CC2. The number of likely N-dealkylation sites (N-methyl/N-ethyl adjacent to an activating group) is 1. The Morgan fingerprint density at radius 2 is 2.05 bits per heavy atom. The zero-order chi connectivity index (χ0) is 14.1. The van der Waals surface area contributed by atoms with Crippen LogP contribution >= 0.6 is 11.6 Å². The monoisotopic (exact) mass is 295 g/mol. The van der Waals surface area contributed by atoms with Crippen molar-refractivity contribution in [2.45, 2.75) is 12.1 Å². The molecule has 0 aromatic heterocycles. The zero-order valence-corrected chi connectivity index (χ0v) is 12.9. The molecule has 3 aliphatic rings. The first-order valence-corrected chi connectivity index (χ1v) is 7.58. The van der Waals surface area contributed by atoms with Crippen LogP contribution in [0.3, 0.4) is 0 Å². The molecule has 4 rings (SSSR count). The highest BCUT2D eigenvalue weighted by Gasteiger charge is 2.37. The first kappa shape index (κ1) is 14.1. The Balaban J connectivity index is 1.91. The van der Waals surface area contributed by atoms with Gasteiger partial charge in [-0.05, 0) is 25.2 Å². The van der Waals surface area contributed by atoms with Crippen LogP contribution in [-0.2, 0) is 0 Å². The maximum absolute atomic E-state index is 6.19. The fourth-order valence-electron chi connectivity index (χ4n) is 3.48. The summed E-state index contributed by atoms with van der Waals surface area (Å²) in [5.74, 6) is 0.909. The van der Waals surface area contributed by atoms with Gasteiger partial charge in [-0.25, -0.2) is 0 Å². The van der Waals surface area contributed by atoms with Gasteiger partial charge in [-0.1, -0.05) is 11.6 Å². The number of hydrogen-bond donors (Lipinski definition) is 1. The summed E-state index contributed by atoms with van der Waals surface area (Å²) in [6.07, 6.45) is 0. The average molecular weight is 296 g/mol. The Kier molecular flexibility index (Phi) is 4.17. The van der Waals surface area contributed by atoms with Crippen molar-refractivity contribution in [3.63, 3.8) is 0 Å². The molecule has 0 saturated carbocycles. The third-order valence-corrected chi connectivity index (χ3v) is 4.78. The van der Waals surface area contributed by atoms with Crippen LogP contribution in [0.1, 0.15) is 11.6 Å². The van der Waals surface area contributed by atoms with Gasteiger partial charge in [0.15, 0.2) is 0 Å². The Bertz CT molecular complexity index is 474. The van der Waals surface area contributed by atoms with Crippen LogP contribution in [0.5, 0.6) is 5.75 Å². The second kappa shape index (κ2) is 5.90. The summed E-state index contributed by atoms with van der Waals surface area (Å²) >= 11 is 6.19. The summed E-state index contributed by atoms with van der Waals surface area (Å²) < 4.78 is 5.52. The highest BCUT2D eigenvalue weighted by atomic mass is 35.5. The van der Waals surface area contributed by atoms with E-state index in [4.69, 9.17) is 16.3 Å². The number of methoxy groups -OCH3 is 1. The number of nitrogens with zero attached hydrogens (tertiary/aromatic N) is 2. The van der Waals surface area contributed by atoms with Crippen molar-refractivity contribution in [2.24, 2.45) is 0 Å². The third-order valence-electron chi connectivity index (χ3n) is 4.54. The zero-order valence-electron chi connectivity index (χ0n) is 12.1. The molecule has 0 amide bonds. The summed E-state index contributed by atoms with van der Waals surface area (Å²) in [4.78, 5) is 5.13. The standard InChI is InChI=1S/C15H22ClN3O/c1-17-15(12-9-11(16)3-4-14(12)20-2)13-10-18-5-7-19(13)8-6-18/h3-4,9,13,15,17H,5-8,10H2,1-2H3. The smallest absolute Gasteiger partial charge is 0.123 e. The molecule has 3 heterocycles. The van der Waals surface area contributed by atoms with Gasteiger partial charge in [0.25, 0.3) is 0 Å². The highest BCUT2D eigenvalue weighted by Crippen LogP contribution is 2.34. The van der Waals surface area contributed by atoms with Crippen LogP contribution in [-0.4, -0.2) is 62.7 Å². The minimum atomic E-state index is 0.242. The summed E-state index contributed by atoms with van der Waals surface area (Å²) in [6, 6.07) is 6.59. The van der Waals surface area contributed by atoms with Gasteiger partial charge in [0.1, 0.15) is 5.75 Å². The van der Waals surface area contributed by atoms with Gasteiger partial charge in [-0.3, -0.25) is 9.80 Å². The number of piperazine rings is 3. The van der Waals surface area contributed by atoms with Crippen molar-refractivity contribution in [1.82, 2.24) is 15.1 Å². The fraction of sp³-hybridized carbons (Fsp3) is 0.600. The van der Waals surface area contributed by atoms with E-state index in [9.17, 15) is 0 Å². The quantitative estimate of drug-likeness (QED) is 0.913. The lowest BCUT2D eigenvalue weighted by atomic mass is 9.93. The van der Waals surface area contributed by atoms with Gasteiger partial charge in [0.05, 0.1) is 13.2 Å². The number of fused-ring (bicyclic) bond motifs is 3. The van der Waals surface area contributed by atoms with Gasteiger partial charge < -0.3 is 10.1 Å². The normalized spacial score (nSPS) is 30.2. The molecule has 0 spiro atoms. The minimum Gasteiger partial charge on any atom is -0.496 e. The van der Waals surface area contributed by atoms with E-state index in [1.54, 1.807) is 7.11 Å². The molecule has 20 heavy (non-hydrogen) atoms. The van der Waals surface area contributed by atoms with Crippen LogP contribution < -0.4 is 10.1 Å². The topological polar surface area (TPSA) is 27.7 Å². The van der Waals surface area contributed by atoms with Crippen LogP contribution in [0.4, 0.5) is 0 Å². The molecule has 0 aliphatic carbocycles.